The second kappa shape index (κ2) is 9.00. The van der Waals surface area contributed by atoms with Gasteiger partial charge in [0.15, 0.2) is 0 Å². The Morgan fingerprint density at radius 2 is 1.85 bits per heavy atom. The third-order valence-corrected chi connectivity index (χ3v) is 4.31. The highest BCUT2D eigenvalue weighted by molar-refractivity contribution is 5.84. The molecule has 1 amide bonds. The second-order valence-corrected chi connectivity index (χ2v) is 6.22. The Hall–Kier alpha value is -2.87. The Morgan fingerprint density at radius 3 is 2.54 bits per heavy atom. The Balaban J connectivity index is 1.84. The topological polar surface area (TPSA) is 146 Å². The summed E-state index contributed by atoms with van der Waals surface area (Å²) >= 11 is 0. The molecule has 1 heterocycles. The van der Waals surface area contributed by atoms with Crippen LogP contribution in [0, 0.1) is 5.92 Å². The van der Waals surface area contributed by atoms with Crippen molar-refractivity contribution in [2.75, 3.05) is 6.54 Å². The number of carboxylic acids is 2. The third-order valence-electron chi connectivity index (χ3n) is 4.31. The van der Waals surface area contributed by atoms with E-state index in [1.54, 1.807) is 0 Å². The Bertz CT molecular complexity index is 786. The van der Waals surface area contributed by atoms with Crippen LogP contribution < -0.4 is 11.1 Å². The molecule has 0 aliphatic rings. The molecule has 0 fully saturated rings. The molecule has 8 nitrogen and oxygen atoms in total. The van der Waals surface area contributed by atoms with Crippen LogP contribution in [-0.4, -0.2) is 45.6 Å². The lowest BCUT2D eigenvalue weighted by Gasteiger charge is -2.13. The summed E-state index contributed by atoms with van der Waals surface area (Å²) in [5.74, 6) is -3.03. The van der Waals surface area contributed by atoms with Gasteiger partial charge >= 0.3 is 11.9 Å². The van der Waals surface area contributed by atoms with E-state index in [9.17, 15) is 19.5 Å². The maximum atomic E-state index is 11.7. The minimum absolute atomic E-state index is 0.00630. The molecule has 2 aromatic rings. The van der Waals surface area contributed by atoms with Crippen LogP contribution >= 0.6 is 0 Å². The fourth-order valence-electron chi connectivity index (χ4n) is 2.76. The van der Waals surface area contributed by atoms with Crippen LogP contribution in [0.4, 0.5) is 0 Å². The Kier molecular flexibility index (Phi) is 6.74. The number of rotatable bonds is 10. The molecule has 1 aromatic heterocycles. The van der Waals surface area contributed by atoms with E-state index in [4.69, 9.17) is 10.8 Å². The van der Waals surface area contributed by atoms with Gasteiger partial charge in [0.2, 0.25) is 5.91 Å². The summed E-state index contributed by atoms with van der Waals surface area (Å²) < 4.78 is 0. The zero-order valence-electron chi connectivity index (χ0n) is 14.3. The number of aromatic amines is 1. The van der Waals surface area contributed by atoms with E-state index in [1.165, 1.54) is 0 Å². The maximum Gasteiger partial charge on any atom is 0.320 e. The van der Waals surface area contributed by atoms with Crippen LogP contribution in [0.1, 0.15) is 24.8 Å². The smallest absolute Gasteiger partial charge is 0.320 e. The molecule has 1 aromatic carbocycles. The van der Waals surface area contributed by atoms with E-state index in [0.717, 1.165) is 16.5 Å². The van der Waals surface area contributed by atoms with Gasteiger partial charge in [-0.15, -0.1) is 0 Å². The highest BCUT2D eigenvalue weighted by atomic mass is 16.4. The van der Waals surface area contributed by atoms with Gasteiger partial charge in [-0.3, -0.25) is 14.4 Å². The molecule has 2 unspecified atom stereocenters. The van der Waals surface area contributed by atoms with Gasteiger partial charge in [-0.05, 0) is 30.9 Å². The molecule has 0 aliphatic carbocycles. The lowest BCUT2D eigenvalue weighted by molar-refractivity contribution is -0.142. The number of H-pyrrole nitrogens is 1. The van der Waals surface area contributed by atoms with Crippen LogP contribution in [0.5, 0.6) is 0 Å². The van der Waals surface area contributed by atoms with Crippen molar-refractivity contribution in [1.29, 1.82) is 0 Å². The standard InChI is InChI=1S/C18H23N3O5/c19-14(18(25)26)5-6-16(22)20-8-7-11(17(23)24)9-12-10-21-15-4-2-1-3-13(12)15/h1-4,10-11,14,21H,5-9,19H2,(H,20,22)(H,23,24)(H,25,26). The Morgan fingerprint density at radius 1 is 1.12 bits per heavy atom. The first-order valence-corrected chi connectivity index (χ1v) is 8.41. The van der Waals surface area contributed by atoms with Gasteiger partial charge in [-0.2, -0.15) is 0 Å². The minimum atomic E-state index is -1.15. The second-order valence-electron chi connectivity index (χ2n) is 6.22. The largest absolute Gasteiger partial charge is 0.481 e. The number of fused-ring (bicyclic) bond motifs is 1. The predicted molar refractivity (Wildman–Crippen MR) is 95.6 cm³/mol. The maximum absolute atomic E-state index is 11.7. The van der Waals surface area contributed by atoms with E-state index in [-0.39, 0.29) is 31.7 Å². The number of amides is 1. The van der Waals surface area contributed by atoms with Crippen molar-refractivity contribution in [1.82, 2.24) is 10.3 Å². The third kappa shape index (κ3) is 5.32. The van der Waals surface area contributed by atoms with E-state index in [0.29, 0.717) is 6.42 Å². The molecular weight excluding hydrogens is 338 g/mol. The van der Waals surface area contributed by atoms with Crippen molar-refractivity contribution in [2.45, 2.75) is 31.7 Å². The zero-order valence-corrected chi connectivity index (χ0v) is 14.3. The fraction of sp³-hybridized carbons (Fsp3) is 0.389. The van der Waals surface area contributed by atoms with Gasteiger partial charge in [0.25, 0.3) is 0 Å². The van der Waals surface area contributed by atoms with Crippen molar-refractivity contribution in [3.8, 4) is 0 Å². The van der Waals surface area contributed by atoms with Crippen LogP contribution in [-0.2, 0) is 20.8 Å². The van der Waals surface area contributed by atoms with Gasteiger partial charge < -0.3 is 26.2 Å². The molecule has 0 bridgehead atoms. The molecule has 0 radical (unpaired) electrons. The average Bonchev–Trinajstić information content (AvgIpc) is 3.01. The number of nitrogens with one attached hydrogen (secondary N) is 2. The summed E-state index contributed by atoms with van der Waals surface area (Å²) in [6.07, 6.45) is 2.49. The van der Waals surface area contributed by atoms with Crippen molar-refractivity contribution in [3.63, 3.8) is 0 Å². The van der Waals surface area contributed by atoms with Gasteiger partial charge in [-0.1, -0.05) is 18.2 Å². The summed E-state index contributed by atoms with van der Waals surface area (Å²) in [6, 6.07) is 6.60. The number of carbonyl (C=O) groups is 3. The van der Waals surface area contributed by atoms with Crippen LogP contribution in [0.15, 0.2) is 30.5 Å². The van der Waals surface area contributed by atoms with Gasteiger partial charge in [0.05, 0.1) is 5.92 Å². The predicted octanol–water partition coefficient (Wildman–Crippen LogP) is 1.11. The molecule has 2 rings (SSSR count). The number of carbonyl (C=O) groups excluding carboxylic acids is 1. The first-order chi connectivity index (χ1) is 12.4. The fourth-order valence-corrected chi connectivity index (χ4v) is 2.76. The highest BCUT2D eigenvalue weighted by Gasteiger charge is 2.20. The molecule has 6 N–H and O–H groups in total. The van der Waals surface area contributed by atoms with Gasteiger partial charge in [0.1, 0.15) is 6.04 Å². The SMILES string of the molecule is NC(CCC(=O)NCCC(Cc1c[nH]c2ccccc12)C(=O)O)C(=O)O. The summed E-state index contributed by atoms with van der Waals surface area (Å²) in [6.45, 7) is 0.209. The average molecular weight is 361 g/mol. The number of aromatic nitrogens is 1. The number of para-hydroxylation sites is 1. The number of hydrogen-bond acceptors (Lipinski definition) is 4. The van der Waals surface area contributed by atoms with Crippen molar-refractivity contribution in [3.05, 3.63) is 36.0 Å². The molecule has 2 atom stereocenters. The monoisotopic (exact) mass is 361 g/mol. The van der Waals surface area contributed by atoms with Crippen LogP contribution in [0.25, 0.3) is 10.9 Å². The number of aliphatic carboxylic acids is 2. The van der Waals surface area contributed by atoms with Gasteiger partial charge in [-0.25, -0.2) is 0 Å². The molecule has 0 saturated carbocycles. The first-order valence-electron chi connectivity index (χ1n) is 8.41. The van der Waals surface area contributed by atoms with Crippen molar-refractivity contribution >= 4 is 28.7 Å². The van der Waals surface area contributed by atoms with E-state index < -0.39 is 23.9 Å². The zero-order chi connectivity index (χ0) is 19.1. The highest BCUT2D eigenvalue weighted by Crippen LogP contribution is 2.22. The lowest BCUT2D eigenvalue weighted by Crippen LogP contribution is -2.33. The number of nitrogens with two attached hydrogens (primary N) is 1. The Labute approximate surface area is 150 Å². The summed E-state index contributed by atoms with van der Waals surface area (Å²) in [7, 11) is 0. The molecule has 8 heteroatoms. The minimum Gasteiger partial charge on any atom is -0.481 e. The number of carboxylic acid groups (broad SMARTS) is 2. The lowest BCUT2D eigenvalue weighted by atomic mass is 9.96. The molecular formula is C18H23N3O5. The molecule has 26 heavy (non-hydrogen) atoms. The van der Waals surface area contributed by atoms with E-state index in [2.05, 4.69) is 10.3 Å². The number of hydrogen-bond donors (Lipinski definition) is 5. The molecule has 0 spiro atoms. The van der Waals surface area contributed by atoms with Gasteiger partial charge in [0, 0.05) is 30.1 Å². The van der Waals surface area contributed by atoms with Crippen molar-refractivity contribution < 1.29 is 24.6 Å². The van der Waals surface area contributed by atoms with E-state index >= 15 is 0 Å². The number of benzene rings is 1. The van der Waals surface area contributed by atoms with E-state index in [1.807, 2.05) is 30.5 Å². The summed E-state index contributed by atoms with van der Waals surface area (Å²) in [4.78, 5) is 37.0. The van der Waals surface area contributed by atoms with Crippen LogP contribution in [0.3, 0.4) is 0 Å². The van der Waals surface area contributed by atoms with Crippen LogP contribution in [0.2, 0.25) is 0 Å². The normalized spacial score (nSPS) is 13.3. The first kappa shape index (κ1) is 19.5. The molecule has 0 aliphatic heterocycles. The molecule has 0 saturated heterocycles. The quantitative estimate of drug-likeness (QED) is 0.428. The molecule has 140 valence electrons. The summed E-state index contributed by atoms with van der Waals surface area (Å²) in [5, 5.41) is 21.7. The van der Waals surface area contributed by atoms with Crippen molar-refractivity contribution in [2.24, 2.45) is 11.7 Å². The summed E-state index contributed by atoms with van der Waals surface area (Å²) in [5.41, 5.74) is 7.22.